The topological polar surface area (TPSA) is 107 Å². The van der Waals surface area contributed by atoms with E-state index in [1.807, 2.05) is 0 Å². The number of thiocarbonyl (C=S) groups is 1. The van der Waals surface area contributed by atoms with Crippen LogP contribution in [0, 0.1) is 0 Å². The Hall–Kier alpha value is -2.26. The zero-order valence-corrected chi connectivity index (χ0v) is 14.3. The average Bonchev–Trinajstić information content (AvgIpc) is 2.77. The van der Waals surface area contributed by atoms with Crippen LogP contribution in [-0.2, 0) is 9.59 Å². The summed E-state index contributed by atoms with van der Waals surface area (Å²) in [5.41, 5.74) is 0.466. The van der Waals surface area contributed by atoms with Gasteiger partial charge in [-0.1, -0.05) is 24.0 Å². The molecule has 0 unspecified atom stereocenters. The monoisotopic (exact) mass is 369 g/mol. The molecule has 1 aromatic carbocycles. The Labute approximate surface area is 147 Å². The van der Waals surface area contributed by atoms with Crippen LogP contribution in [0.4, 0.5) is 0 Å². The predicted octanol–water partition coefficient (Wildman–Crippen LogP) is 2.17. The Morgan fingerprint density at radius 2 is 2.12 bits per heavy atom. The number of carbonyl (C=O) groups is 2. The zero-order chi connectivity index (χ0) is 17.9. The lowest BCUT2D eigenvalue weighted by atomic mass is 10.1. The van der Waals surface area contributed by atoms with E-state index in [9.17, 15) is 19.8 Å². The minimum atomic E-state index is -0.928. The van der Waals surface area contributed by atoms with Gasteiger partial charge in [-0.25, -0.2) is 0 Å². The van der Waals surface area contributed by atoms with E-state index >= 15 is 0 Å². The lowest BCUT2D eigenvalue weighted by Crippen LogP contribution is -2.29. The molecular formula is C15H15NO6S2. The number of thioether (sulfide) groups is 1. The van der Waals surface area contributed by atoms with E-state index in [1.165, 1.54) is 30.2 Å². The Morgan fingerprint density at radius 1 is 1.42 bits per heavy atom. The van der Waals surface area contributed by atoms with Gasteiger partial charge in [0.1, 0.15) is 4.32 Å². The number of hydrogen-bond acceptors (Lipinski definition) is 7. The first kappa shape index (κ1) is 18.1. The number of hydrogen-bond donors (Lipinski definition) is 3. The summed E-state index contributed by atoms with van der Waals surface area (Å²) in [5.74, 6) is -1.91. The number of phenols is 2. The first-order valence-corrected chi connectivity index (χ1v) is 8.13. The van der Waals surface area contributed by atoms with Crippen LogP contribution in [0.25, 0.3) is 6.08 Å². The van der Waals surface area contributed by atoms with E-state index in [-0.39, 0.29) is 36.1 Å². The normalized spacial score (nSPS) is 16.0. The minimum Gasteiger partial charge on any atom is -0.504 e. The summed E-state index contributed by atoms with van der Waals surface area (Å²) in [4.78, 5) is 24.6. The highest BCUT2D eigenvalue weighted by atomic mass is 32.2. The molecule has 0 bridgehead atoms. The number of nitrogens with zero attached hydrogens (tertiary/aromatic N) is 1. The van der Waals surface area contributed by atoms with Gasteiger partial charge >= 0.3 is 5.97 Å². The summed E-state index contributed by atoms with van der Waals surface area (Å²) in [6.45, 7) is 0.235. The van der Waals surface area contributed by atoms with Crippen molar-refractivity contribution in [3.8, 4) is 17.2 Å². The van der Waals surface area contributed by atoms with Crippen LogP contribution in [0.5, 0.6) is 17.2 Å². The predicted molar refractivity (Wildman–Crippen MR) is 93.1 cm³/mol. The zero-order valence-electron chi connectivity index (χ0n) is 12.7. The average molecular weight is 369 g/mol. The number of methoxy groups -OCH3 is 1. The number of phenolic OH excluding ortho intramolecular Hbond substituents is 2. The molecule has 0 spiro atoms. The number of rotatable bonds is 6. The second-order valence-corrected chi connectivity index (χ2v) is 6.60. The minimum absolute atomic E-state index is 0.0425. The fraction of sp³-hybridized carbons (Fsp3) is 0.267. The third-order valence-corrected chi connectivity index (χ3v) is 4.62. The van der Waals surface area contributed by atoms with E-state index in [2.05, 4.69) is 0 Å². The number of carbonyl (C=O) groups excluding carboxylic acids is 1. The van der Waals surface area contributed by atoms with Gasteiger partial charge < -0.3 is 20.1 Å². The van der Waals surface area contributed by atoms with Crippen LogP contribution in [-0.4, -0.2) is 50.1 Å². The second-order valence-electron chi connectivity index (χ2n) is 4.92. The van der Waals surface area contributed by atoms with Crippen molar-refractivity contribution >= 4 is 46.3 Å². The molecule has 128 valence electrons. The number of ether oxygens (including phenoxy) is 1. The maximum absolute atomic E-state index is 12.4. The first-order valence-electron chi connectivity index (χ1n) is 6.90. The van der Waals surface area contributed by atoms with Crippen LogP contribution >= 0.6 is 24.0 Å². The molecule has 0 aromatic heterocycles. The molecule has 1 aliphatic heterocycles. The molecule has 0 radical (unpaired) electrons. The van der Waals surface area contributed by atoms with Gasteiger partial charge in [-0.05, 0) is 30.2 Å². The molecule has 1 aliphatic rings. The molecule has 3 N–H and O–H groups in total. The number of aliphatic carboxylic acids is 1. The fourth-order valence-electron chi connectivity index (χ4n) is 2.09. The van der Waals surface area contributed by atoms with Gasteiger partial charge in [0, 0.05) is 13.0 Å². The van der Waals surface area contributed by atoms with E-state index in [0.717, 1.165) is 11.8 Å². The maximum Gasteiger partial charge on any atom is 0.303 e. The summed E-state index contributed by atoms with van der Waals surface area (Å²) in [5, 5.41) is 28.0. The quantitative estimate of drug-likeness (QED) is 0.398. The summed E-state index contributed by atoms with van der Waals surface area (Å²) in [7, 11) is 1.35. The standard InChI is InChI=1S/C15H15NO6S2/c1-22-10-6-8(5-9(17)13(10)20)7-11-14(21)16(15(23)24-11)4-2-3-12(18)19/h5-7,17,20H,2-4H2,1H3,(H,18,19)/b11-7-. The summed E-state index contributed by atoms with van der Waals surface area (Å²) >= 11 is 6.25. The van der Waals surface area contributed by atoms with Crippen LogP contribution in [0.1, 0.15) is 18.4 Å². The van der Waals surface area contributed by atoms with Crippen LogP contribution in [0.3, 0.4) is 0 Å². The Balaban J connectivity index is 2.19. The van der Waals surface area contributed by atoms with Crippen molar-refractivity contribution in [2.75, 3.05) is 13.7 Å². The van der Waals surface area contributed by atoms with E-state index in [0.29, 0.717) is 21.2 Å². The van der Waals surface area contributed by atoms with Crippen molar-refractivity contribution in [1.82, 2.24) is 4.90 Å². The van der Waals surface area contributed by atoms with Gasteiger partial charge in [0.05, 0.1) is 12.0 Å². The van der Waals surface area contributed by atoms with E-state index in [1.54, 1.807) is 0 Å². The molecular weight excluding hydrogens is 354 g/mol. The maximum atomic E-state index is 12.4. The lowest BCUT2D eigenvalue weighted by Gasteiger charge is -2.13. The fourth-order valence-corrected chi connectivity index (χ4v) is 3.39. The SMILES string of the molecule is COc1cc(/C=C2\SC(=S)N(CCCC(=O)O)C2=O)cc(O)c1O. The molecule has 1 heterocycles. The summed E-state index contributed by atoms with van der Waals surface area (Å²) in [6, 6.07) is 2.78. The van der Waals surface area contributed by atoms with Gasteiger partial charge in [-0.15, -0.1) is 0 Å². The highest BCUT2D eigenvalue weighted by Crippen LogP contribution is 2.38. The first-order chi connectivity index (χ1) is 11.3. The third-order valence-electron chi connectivity index (χ3n) is 3.24. The Kier molecular flexibility index (Phi) is 5.68. The highest BCUT2D eigenvalue weighted by Gasteiger charge is 2.31. The van der Waals surface area contributed by atoms with Crippen molar-refractivity contribution in [3.05, 3.63) is 22.6 Å². The van der Waals surface area contributed by atoms with Crippen molar-refractivity contribution in [2.45, 2.75) is 12.8 Å². The van der Waals surface area contributed by atoms with Gasteiger partial charge in [0.25, 0.3) is 5.91 Å². The van der Waals surface area contributed by atoms with Gasteiger partial charge in [0.15, 0.2) is 11.5 Å². The molecule has 7 nitrogen and oxygen atoms in total. The third kappa shape index (κ3) is 3.98. The lowest BCUT2D eigenvalue weighted by molar-refractivity contribution is -0.137. The summed E-state index contributed by atoms with van der Waals surface area (Å²) < 4.78 is 5.31. The summed E-state index contributed by atoms with van der Waals surface area (Å²) in [6.07, 6.45) is 1.79. The molecule has 0 atom stereocenters. The number of amides is 1. The Bertz CT molecular complexity index is 731. The number of carboxylic acids is 1. The van der Waals surface area contributed by atoms with Crippen molar-refractivity contribution in [2.24, 2.45) is 0 Å². The Morgan fingerprint density at radius 3 is 2.75 bits per heavy atom. The van der Waals surface area contributed by atoms with E-state index < -0.39 is 5.97 Å². The van der Waals surface area contributed by atoms with Gasteiger partial charge in [0.2, 0.25) is 5.75 Å². The van der Waals surface area contributed by atoms with Crippen molar-refractivity contribution in [1.29, 1.82) is 0 Å². The number of aromatic hydroxyl groups is 2. The highest BCUT2D eigenvalue weighted by molar-refractivity contribution is 8.26. The van der Waals surface area contributed by atoms with Gasteiger partial charge in [-0.2, -0.15) is 0 Å². The van der Waals surface area contributed by atoms with Crippen molar-refractivity contribution in [3.63, 3.8) is 0 Å². The smallest absolute Gasteiger partial charge is 0.303 e. The molecule has 9 heteroatoms. The molecule has 1 aromatic rings. The molecule has 1 amide bonds. The molecule has 0 aliphatic carbocycles. The van der Waals surface area contributed by atoms with Crippen molar-refractivity contribution < 1.29 is 29.6 Å². The number of benzene rings is 1. The van der Waals surface area contributed by atoms with Gasteiger partial charge in [-0.3, -0.25) is 14.5 Å². The van der Waals surface area contributed by atoms with Crippen LogP contribution < -0.4 is 4.74 Å². The molecule has 24 heavy (non-hydrogen) atoms. The van der Waals surface area contributed by atoms with Crippen LogP contribution in [0.15, 0.2) is 17.0 Å². The largest absolute Gasteiger partial charge is 0.504 e. The number of carboxylic acid groups (broad SMARTS) is 1. The second kappa shape index (κ2) is 7.54. The molecule has 0 saturated carbocycles. The van der Waals surface area contributed by atoms with E-state index in [4.69, 9.17) is 22.1 Å². The molecule has 1 saturated heterocycles. The van der Waals surface area contributed by atoms with Crippen LogP contribution in [0.2, 0.25) is 0 Å². The molecule has 2 rings (SSSR count). The molecule has 1 fully saturated rings.